The molecule has 1 aliphatic rings. The van der Waals surface area contributed by atoms with Crippen LogP contribution in [0.4, 0.5) is 22.9 Å². The van der Waals surface area contributed by atoms with Crippen LogP contribution in [0.1, 0.15) is 5.69 Å². The van der Waals surface area contributed by atoms with Gasteiger partial charge in [0.15, 0.2) is 0 Å². The number of nitrogens with zero attached hydrogens (tertiary/aromatic N) is 5. The van der Waals surface area contributed by atoms with E-state index in [0.29, 0.717) is 34.9 Å². The lowest BCUT2D eigenvalue weighted by Crippen LogP contribution is -2.57. The van der Waals surface area contributed by atoms with Gasteiger partial charge in [-0.1, -0.05) is 17.7 Å². The fourth-order valence-corrected chi connectivity index (χ4v) is 4.16. The molecule has 3 heterocycles. The highest BCUT2D eigenvalue weighted by Crippen LogP contribution is 2.35. The van der Waals surface area contributed by atoms with Crippen molar-refractivity contribution < 1.29 is 4.74 Å². The van der Waals surface area contributed by atoms with Gasteiger partial charge in [0.2, 0.25) is 0 Å². The van der Waals surface area contributed by atoms with Crippen molar-refractivity contribution in [2.75, 3.05) is 43.1 Å². The molecule has 1 saturated heterocycles. The maximum absolute atomic E-state index is 6.47. The zero-order chi connectivity index (χ0) is 23.7. The van der Waals surface area contributed by atoms with Crippen LogP contribution in [0.15, 0.2) is 61.1 Å². The minimum atomic E-state index is 0.345. The van der Waals surface area contributed by atoms with Gasteiger partial charge in [-0.05, 0) is 56.6 Å². The number of anilines is 4. The molecular formula is C25H26ClN7O. The summed E-state index contributed by atoms with van der Waals surface area (Å²) in [5.74, 6) is 1.25. The van der Waals surface area contributed by atoms with Gasteiger partial charge < -0.3 is 25.6 Å². The van der Waals surface area contributed by atoms with E-state index >= 15 is 0 Å². The van der Waals surface area contributed by atoms with Gasteiger partial charge in [-0.2, -0.15) is 0 Å². The Morgan fingerprint density at radius 1 is 1.12 bits per heavy atom. The number of hydrogen-bond acceptors (Lipinski definition) is 8. The first-order valence-corrected chi connectivity index (χ1v) is 11.4. The van der Waals surface area contributed by atoms with Gasteiger partial charge in [0.05, 0.1) is 27.6 Å². The fourth-order valence-electron chi connectivity index (χ4n) is 3.93. The fraction of sp³-hybridized carbons (Fsp3) is 0.240. The highest BCUT2D eigenvalue weighted by atomic mass is 35.5. The second-order valence-corrected chi connectivity index (χ2v) is 8.96. The number of rotatable bonds is 7. The van der Waals surface area contributed by atoms with E-state index in [9.17, 15) is 0 Å². The normalized spacial score (nSPS) is 13.8. The van der Waals surface area contributed by atoms with Gasteiger partial charge in [-0.25, -0.2) is 9.97 Å². The smallest absolute Gasteiger partial charge is 0.141 e. The van der Waals surface area contributed by atoms with E-state index in [1.807, 2.05) is 48.5 Å². The van der Waals surface area contributed by atoms with Crippen molar-refractivity contribution >= 4 is 45.4 Å². The molecule has 8 nitrogen and oxygen atoms in total. The molecular weight excluding hydrogens is 450 g/mol. The van der Waals surface area contributed by atoms with Gasteiger partial charge in [-0.15, -0.1) is 0 Å². The summed E-state index contributed by atoms with van der Waals surface area (Å²) >= 11 is 6.47. The van der Waals surface area contributed by atoms with E-state index in [2.05, 4.69) is 44.2 Å². The molecule has 34 heavy (non-hydrogen) atoms. The van der Waals surface area contributed by atoms with Crippen LogP contribution in [0.25, 0.3) is 10.9 Å². The van der Waals surface area contributed by atoms with E-state index < -0.39 is 0 Å². The molecule has 1 fully saturated rings. The summed E-state index contributed by atoms with van der Waals surface area (Å²) in [5, 5.41) is 4.68. The number of likely N-dealkylation sites (N-methyl/N-ethyl adjacent to an activating group) is 1. The number of nitrogen functional groups attached to an aromatic ring is 1. The van der Waals surface area contributed by atoms with E-state index in [1.165, 1.54) is 0 Å². The quantitative estimate of drug-likeness (QED) is 0.381. The maximum atomic E-state index is 6.47. The highest BCUT2D eigenvalue weighted by Gasteiger charge is 2.29. The first-order valence-electron chi connectivity index (χ1n) is 11.0. The zero-order valence-electron chi connectivity index (χ0n) is 19.1. The van der Waals surface area contributed by atoms with Gasteiger partial charge in [0.25, 0.3) is 0 Å². The van der Waals surface area contributed by atoms with Crippen LogP contribution in [-0.2, 0) is 6.61 Å². The van der Waals surface area contributed by atoms with Crippen molar-refractivity contribution in [2.45, 2.75) is 12.6 Å². The number of hydrogen-bond donors (Lipinski definition) is 2. The van der Waals surface area contributed by atoms with E-state index in [4.69, 9.17) is 22.1 Å². The Morgan fingerprint density at radius 2 is 1.97 bits per heavy atom. The van der Waals surface area contributed by atoms with Crippen LogP contribution >= 0.6 is 11.6 Å². The summed E-state index contributed by atoms with van der Waals surface area (Å²) < 4.78 is 5.82. The SMILES string of the molecule is CN(C)C1CN(c2cc3ncnc(Nc4ccc(OCc5ccccn5)c(Cl)c4)c3cc2N)C1. The molecule has 3 N–H and O–H groups in total. The number of ether oxygens (including phenoxy) is 1. The van der Waals surface area contributed by atoms with Gasteiger partial charge in [0, 0.05) is 36.4 Å². The molecule has 0 radical (unpaired) electrons. The Kier molecular flexibility index (Phi) is 6.08. The lowest BCUT2D eigenvalue weighted by molar-refractivity contribution is 0.247. The van der Waals surface area contributed by atoms with Crippen LogP contribution in [0.2, 0.25) is 5.02 Å². The summed E-state index contributed by atoms with van der Waals surface area (Å²) in [6.45, 7) is 2.25. The number of halogens is 1. The summed E-state index contributed by atoms with van der Waals surface area (Å²) in [4.78, 5) is 17.7. The van der Waals surface area contributed by atoms with Crippen LogP contribution in [0.5, 0.6) is 5.75 Å². The molecule has 4 aromatic rings. The molecule has 9 heteroatoms. The largest absolute Gasteiger partial charge is 0.486 e. The van der Waals surface area contributed by atoms with Crippen LogP contribution in [0.3, 0.4) is 0 Å². The van der Waals surface area contributed by atoms with E-state index in [0.717, 1.165) is 41.1 Å². The molecule has 5 rings (SSSR count). The summed E-state index contributed by atoms with van der Waals surface area (Å²) in [6.07, 6.45) is 3.29. The van der Waals surface area contributed by atoms with Crippen molar-refractivity contribution in [1.29, 1.82) is 0 Å². The molecule has 0 atom stereocenters. The molecule has 0 bridgehead atoms. The van der Waals surface area contributed by atoms with Crippen molar-refractivity contribution in [3.05, 3.63) is 71.8 Å². The molecule has 0 saturated carbocycles. The summed E-state index contributed by atoms with van der Waals surface area (Å²) in [7, 11) is 4.20. The third kappa shape index (κ3) is 4.55. The van der Waals surface area contributed by atoms with E-state index in [1.54, 1.807) is 12.5 Å². The third-order valence-electron chi connectivity index (χ3n) is 6.01. The van der Waals surface area contributed by atoms with E-state index in [-0.39, 0.29) is 0 Å². The van der Waals surface area contributed by atoms with Crippen LogP contribution < -0.4 is 20.7 Å². The second-order valence-electron chi connectivity index (χ2n) is 8.55. The molecule has 1 aliphatic heterocycles. The van der Waals surface area contributed by atoms with Crippen molar-refractivity contribution in [3.8, 4) is 5.75 Å². The number of benzene rings is 2. The molecule has 0 unspecified atom stereocenters. The lowest BCUT2D eigenvalue weighted by atomic mass is 10.0. The lowest BCUT2D eigenvalue weighted by Gasteiger charge is -2.44. The molecule has 0 aliphatic carbocycles. The first-order chi connectivity index (χ1) is 16.5. The molecule has 0 amide bonds. The van der Waals surface area contributed by atoms with Crippen molar-refractivity contribution in [3.63, 3.8) is 0 Å². The van der Waals surface area contributed by atoms with Gasteiger partial charge >= 0.3 is 0 Å². The Labute approximate surface area is 203 Å². The third-order valence-corrected chi connectivity index (χ3v) is 6.31. The van der Waals surface area contributed by atoms with Gasteiger partial charge in [0.1, 0.15) is 24.5 Å². The number of nitrogens with two attached hydrogens (primary N) is 1. The number of pyridine rings is 1. The standard InChI is InChI=1S/C25H26ClN7O/c1-32(2)18-12-33(13-18)23-11-22-19(10-21(23)27)25(30-15-29-22)31-16-6-7-24(20(26)9-16)34-14-17-5-3-4-8-28-17/h3-11,15,18H,12-14,27H2,1-2H3,(H,29,30,31). The zero-order valence-corrected chi connectivity index (χ0v) is 19.8. The van der Waals surface area contributed by atoms with Gasteiger partial charge in [-0.3, -0.25) is 4.98 Å². The van der Waals surface area contributed by atoms with Crippen LogP contribution in [-0.4, -0.2) is 53.1 Å². The Balaban J connectivity index is 1.33. The molecule has 2 aromatic heterocycles. The highest BCUT2D eigenvalue weighted by molar-refractivity contribution is 6.32. The Hall–Kier alpha value is -3.62. The topological polar surface area (TPSA) is 92.4 Å². The minimum absolute atomic E-state index is 0.345. The average Bonchev–Trinajstić information content (AvgIpc) is 2.79. The maximum Gasteiger partial charge on any atom is 0.141 e. The molecule has 174 valence electrons. The molecule has 0 spiro atoms. The number of fused-ring (bicyclic) bond motifs is 1. The first kappa shape index (κ1) is 22.2. The van der Waals surface area contributed by atoms with Crippen LogP contribution in [0, 0.1) is 0 Å². The predicted octanol–water partition coefficient (Wildman–Crippen LogP) is 4.33. The monoisotopic (exact) mass is 475 g/mol. The number of aromatic nitrogens is 3. The average molecular weight is 476 g/mol. The summed E-state index contributed by atoms with van der Waals surface area (Å²) in [5.41, 5.74) is 10.6. The Morgan fingerprint density at radius 3 is 2.71 bits per heavy atom. The molecule has 2 aromatic carbocycles. The summed E-state index contributed by atoms with van der Waals surface area (Å²) in [6, 6.07) is 15.7. The minimum Gasteiger partial charge on any atom is -0.486 e. The predicted molar refractivity (Wildman–Crippen MR) is 137 cm³/mol. The second kappa shape index (κ2) is 9.32. The van der Waals surface area contributed by atoms with Crippen molar-refractivity contribution in [1.82, 2.24) is 19.9 Å². The number of nitrogens with one attached hydrogen (secondary N) is 1. The Bertz CT molecular complexity index is 1310. The van der Waals surface area contributed by atoms with Crippen molar-refractivity contribution in [2.24, 2.45) is 0 Å².